The molecule has 2 aromatic rings. The number of carbonyl (C=O) groups excluding carboxylic acids is 1. The normalized spacial score (nSPS) is 17.6. The van der Waals surface area contributed by atoms with Gasteiger partial charge in [0.05, 0.1) is 6.54 Å². The summed E-state index contributed by atoms with van der Waals surface area (Å²) in [5.41, 5.74) is 0.714. The highest BCUT2D eigenvalue weighted by Gasteiger charge is 2.44. The van der Waals surface area contributed by atoms with Gasteiger partial charge in [-0.1, -0.05) is 0 Å². The second-order valence-corrected chi connectivity index (χ2v) is 5.94. The molecule has 0 bridgehead atoms. The molecule has 2 aliphatic rings. The van der Waals surface area contributed by atoms with Gasteiger partial charge < -0.3 is 14.8 Å². The Balaban J connectivity index is 1.38. The highest BCUT2D eigenvalue weighted by Crippen LogP contribution is 2.47. The van der Waals surface area contributed by atoms with Crippen molar-refractivity contribution in [2.75, 3.05) is 5.32 Å². The molecule has 1 aromatic carbocycles. The molecule has 2 heterocycles. The molecule has 120 valence electrons. The Morgan fingerprint density at radius 3 is 2.87 bits per heavy atom. The summed E-state index contributed by atoms with van der Waals surface area (Å²) < 4.78 is 13.6. The molecule has 1 N–H and O–H groups in total. The topological polar surface area (TPSA) is 78.3 Å². The summed E-state index contributed by atoms with van der Waals surface area (Å²) >= 11 is 0. The monoisotopic (exact) mass is 314 g/mol. The zero-order valence-electron chi connectivity index (χ0n) is 12.7. The van der Waals surface area contributed by atoms with E-state index < -0.39 is 5.79 Å². The average Bonchev–Trinajstić information content (AvgIpc) is 3.26. The van der Waals surface area contributed by atoms with E-state index in [1.54, 1.807) is 11.0 Å². The molecule has 1 aliphatic carbocycles. The van der Waals surface area contributed by atoms with Crippen molar-refractivity contribution >= 4 is 11.6 Å². The lowest BCUT2D eigenvalue weighted by molar-refractivity contribution is -0.116. The summed E-state index contributed by atoms with van der Waals surface area (Å²) in [6.07, 6.45) is 7.47. The number of aryl methyl sites for hydroxylation is 1. The van der Waals surface area contributed by atoms with E-state index in [0.29, 0.717) is 24.4 Å². The van der Waals surface area contributed by atoms with Gasteiger partial charge in [0.2, 0.25) is 5.91 Å². The molecule has 0 atom stereocenters. The fourth-order valence-corrected chi connectivity index (χ4v) is 3.08. The third kappa shape index (κ3) is 2.86. The maximum absolute atomic E-state index is 12.0. The molecule has 0 saturated heterocycles. The number of fused-ring (bicyclic) bond motifs is 1. The second-order valence-electron chi connectivity index (χ2n) is 5.94. The number of rotatable bonds is 4. The number of amides is 1. The number of ether oxygens (including phenoxy) is 2. The molecule has 1 aromatic heterocycles. The van der Waals surface area contributed by atoms with Crippen LogP contribution in [0.1, 0.15) is 32.1 Å². The summed E-state index contributed by atoms with van der Waals surface area (Å²) in [6.45, 7) is 0.500. The van der Waals surface area contributed by atoms with Crippen LogP contribution in [0.5, 0.6) is 11.5 Å². The predicted molar refractivity (Wildman–Crippen MR) is 82.2 cm³/mol. The maximum Gasteiger partial charge on any atom is 0.251 e. The third-order valence-electron chi connectivity index (χ3n) is 4.22. The number of hydrogen-bond donors (Lipinski definition) is 1. The fourth-order valence-electron chi connectivity index (χ4n) is 3.08. The lowest BCUT2D eigenvalue weighted by Crippen LogP contribution is -2.34. The van der Waals surface area contributed by atoms with E-state index in [0.717, 1.165) is 31.4 Å². The largest absolute Gasteiger partial charge is 0.448 e. The SMILES string of the molecule is O=C(CCn1cncn1)Nc1ccc2c(c1)OC1(CCCC1)O2. The predicted octanol–water partition coefficient (Wildman–Crippen LogP) is 2.35. The van der Waals surface area contributed by atoms with Gasteiger partial charge in [0.1, 0.15) is 12.7 Å². The van der Waals surface area contributed by atoms with Crippen LogP contribution in [-0.4, -0.2) is 26.5 Å². The van der Waals surface area contributed by atoms with Crippen molar-refractivity contribution in [3.05, 3.63) is 30.9 Å². The van der Waals surface area contributed by atoms with Gasteiger partial charge in [-0.25, -0.2) is 4.98 Å². The summed E-state index contributed by atoms with van der Waals surface area (Å²) in [6, 6.07) is 5.52. The van der Waals surface area contributed by atoms with E-state index in [2.05, 4.69) is 15.4 Å². The summed E-state index contributed by atoms with van der Waals surface area (Å²) in [4.78, 5) is 15.9. The van der Waals surface area contributed by atoms with Crippen LogP contribution in [-0.2, 0) is 11.3 Å². The number of aromatic nitrogens is 3. The average molecular weight is 314 g/mol. The lowest BCUT2D eigenvalue weighted by atomic mass is 10.2. The van der Waals surface area contributed by atoms with E-state index in [1.165, 1.54) is 6.33 Å². The van der Waals surface area contributed by atoms with Crippen LogP contribution in [0.3, 0.4) is 0 Å². The maximum atomic E-state index is 12.0. The molecule has 1 fully saturated rings. The van der Waals surface area contributed by atoms with Gasteiger partial charge in [-0.3, -0.25) is 9.48 Å². The highest BCUT2D eigenvalue weighted by molar-refractivity contribution is 5.91. The fraction of sp³-hybridized carbons (Fsp3) is 0.438. The molecule has 1 spiro atoms. The van der Waals surface area contributed by atoms with Crippen molar-refractivity contribution in [1.82, 2.24) is 14.8 Å². The third-order valence-corrected chi connectivity index (χ3v) is 4.22. The Morgan fingerprint density at radius 1 is 1.26 bits per heavy atom. The highest BCUT2D eigenvalue weighted by atomic mass is 16.7. The number of anilines is 1. The second kappa shape index (κ2) is 5.57. The van der Waals surface area contributed by atoms with Crippen LogP contribution < -0.4 is 14.8 Å². The Labute approximate surface area is 133 Å². The molecule has 1 amide bonds. The Morgan fingerprint density at radius 2 is 2.09 bits per heavy atom. The summed E-state index contributed by atoms with van der Waals surface area (Å²) in [5, 5.41) is 6.85. The zero-order valence-corrected chi connectivity index (χ0v) is 12.7. The Hall–Kier alpha value is -2.57. The van der Waals surface area contributed by atoms with Gasteiger partial charge in [-0.05, 0) is 25.0 Å². The zero-order chi connectivity index (χ0) is 15.7. The van der Waals surface area contributed by atoms with Gasteiger partial charge in [-0.15, -0.1) is 0 Å². The minimum absolute atomic E-state index is 0.0741. The first-order chi connectivity index (χ1) is 11.2. The van der Waals surface area contributed by atoms with Crippen LogP contribution in [0.15, 0.2) is 30.9 Å². The van der Waals surface area contributed by atoms with Crippen molar-refractivity contribution in [3.63, 3.8) is 0 Å². The Bertz CT molecular complexity index is 708. The van der Waals surface area contributed by atoms with Crippen molar-refractivity contribution < 1.29 is 14.3 Å². The minimum atomic E-state index is -0.474. The summed E-state index contributed by atoms with van der Waals surface area (Å²) in [5.74, 6) is 0.918. The number of benzene rings is 1. The van der Waals surface area contributed by atoms with E-state index in [1.807, 2.05) is 18.2 Å². The van der Waals surface area contributed by atoms with Crippen LogP contribution >= 0.6 is 0 Å². The quantitative estimate of drug-likeness (QED) is 0.937. The van der Waals surface area contributed by atoms with Crippen molar-refractivity contribution in [2.45, 2.75) is 44.4 Å². The van der Waals surface area contributed by atoms with Gasteiger partial charge in [0, 0.05) is 31.0 Å². The molecule has 23 heavy (non-hydrogen) atoms. The molecular formula is C16H18N4O3. The molecule has 7 nitrogen and oxygen atoms in total. The molecule has 0 radical (unpaired) electrons. The molecule has 7 heteroatoms. The van der Waals surface area contributed by atoms with E-state index in [4.69, 9.17) is 9.47 Å². The number of nitrogens with zero attached hydrogens (tertiary/aromatic N) is 3. The summed E-state index contributed by atoms with van der Waals surface area (Å²) in [7, 11) is 0. The van der Waals surface area contributed by atoms with Crippen LogP contribution in [0.25, 0.3) is 0 Å². The van der Waals surface area contributed by atoms with Gasteiger partial charge in [-0.2, -0.15) is 5.10 Å². The Kier molecular flexibility index (Phi) is 3.40. The smallest absolute Gasteiger partial charge is 0.251 e. The molecule has 1 saturated carbocycles. The van der Waals surface area contributed by atoms with Gasteiger partial charge in [0.15, 0.2) is 11.5 Å². The van der Waals surface area contributed by atoms with E-state index >= 15 is 0 Å². The van der Waals surface area contributed by atoms with E-state index in [-0.39, 0.29) is 5.91 Å². The standard InChI is InChI=1S/C16H18N4O3/c21-15(5-8-20-11-17-10-18-20)19-12-3-4-13-14(9-12)23-16(22-13)6-1-2-7-16/h3-4,9-11H,1-2,5-8H2,(H,19,21). The number of nitrogens with one attached hydrogen (secondary N) is 1. The van der Waals surface area contributed by atoms with Crippen LogP contribution in [0, 0.1) is 0 Å². The van der Waals surface area contributed by atoms with Crippen molar-refractivity contribution in [1.29, 1.82) is 0 Å². The first-order valence-electron chi connectivity index (χ1n) is 7.87. The number of hydrogen-bond acceptors (Lipinski definition) is 5. The molecule has 4 rings (SSSR count). The van der Waals surface area contributed by atoms with Crippen LogP contribution in [0.2, 0.25) is 0 Å². The molecular weight excluding hydrogens is 296 g/mol. The molecule has 0 unspecified atom stereocenters. The van der Waals surface area contributed by atoms with Crippen molar-refractivity contribution in [2.24, 2.45) is 0 Å². The lowest BCUT2D eigenvalue weighted by Gasteiger charge is -2.21. The van der Waals surface area contributed by atoms with Crippen LogP contribution in [0.4, 0.5) is 5.69 Å². The minimum Gasteiger partial charge on any atom is -0.448 e. The van der Waals surface area contributed by atoms with Gasteiger partial charge in [0.25, 0.3) is 5.79 Å². The van der Waals surface area contributed by atoms with Gasteiger partial charge >= 0.3 is 0 Å². The molecule has 1 aliphatic heterocycles. The van der Waals surface area contributed by atoms with E-state index in [9.17, 15) is 4.79 Å². The number of carbonyl (C=O) groups is 1. The van der Waals surface area contributed by atoms with Crippen molar-refractivity contribution in [3.8, 4) is 11.5 Å². The first kappa shape index (κ1) is 14.0. The first-order valence-corrected chi connectivity index (χ1v) is 7.87.